The third kappa shape index (κ3) is 4.87. The largest absolute Gasteiger partial charge is 0.497 e. The first-order chi connectivity index (χ1) is 14.4. The molecule has 8 heteroatoms. The third-order valence-electron chi connectivity index (χ3n) is 5.58. The van der Waals surface area contributed by atoms with E-state index in [-0.39, 0.29) is 11.8 Å². The van der Waals surface area contributed by atoms with Crippen LogP contribution < -0.4 is 15.4 Å². The number of methoxy groups -OCH3 is 1. The highest BCUT2D eigenvalue weighted by Crippen LogP contribution is 2.26. The van der Waals surface area contributed by atoms with Crippen LogP contribution in [0.15, 0.2) is 30.5 Å². The summed E-state index contributed by atoms with van der Waals surface area (Å²) in [6, 6.07) is 7.87. The summed E-state index contributed by atoms with van der Waals surface area (Å²) in [5.41, 5.74) is 7.31. The van der Waals surface area contributed by atoms with Crippen LogP contribution in [-0.2, 0) is 4.79 Å². The molecule has 0 aliphatic carbocycles. The van der Waals surface area contributed by atoms with Crippen molar-refractivity contribution < 1.29 is 14.3 Å². The van der Waals surface area contributed by atoms with Crippen LogP contribution in [0.25, 0.3) is 0 Å². The Bertz CT molecular complexity index is 900. The Hall–Kier alpha value is -3.16. The molecule has 1 aliphatic rings. The van der Waals surface area contributed by atoms with Gasteiger partial charge in [0, 0.05) is 50.4 Å². The fourth-order valence-electron chi connectivity index (χ4n) is 3.77. The van der Waals surface area contributed by atoms with Gasteiger partial charge in [-0.25, -0.2) is 9.97 Å². The molecule has 0 bridgehead atoms. The maximum Gasteiger partial charge on any atom is 0.252 e. The molecule has 2 heterocycles. The molecule has 30 heavy (non-hydrogen) atoms. The van der Waals surface area contributed by atoms with Crippen molar-refractivity contribution in [1.82, 2.24) is 14.9 Å². The second-order valence-electron chi connectivity index (χ2n) is 7.44. The molecule has 0 spiro atoms. The summed E-state index contributed by atoms with van der Waals surface area (Å²) in [6.07, 6.45) is 2.75. The van der Waals surface area contributed by atoms with E-state index in [0.717, 1.165) is 24.4 Å². The first-order valence-corrected chi connectivity index (χ1v) is 10.2. The van der Waals surface area contributed by atoms with Crippen LogP contribution in [0.1, 0.15) is 47.6 Å². The van der Waals surface area contributed by atoms with Gasteiger partial charge in [-0.05, 0) is 44.5 Å². The number of aryl methyl sites for hydroxylation is 1. The van der Waals surface area contributed by atoms with Crippen LogP contribution >= 0.6 is 0 Å². The predicted octanol–water partition coefficient (Wildman–Crippen LogP) is 2.13. The lowest BCUT2D eigenvalue weighted by atomic mass is 10.1. The number of nitrogens with two attached hydrogens (primary N) is 1. The highest BCUT2D eigenvalue weighted by atomic mass is 16.5. The molecule has 1 atom stereocenters. The predicted molar refractivity (Wildman–Crippen MR) is 115 cm³/mol. The Labute approximate surface area is 177 Å². The van der Waals surface area contributed by atoms with Gasteiger partial charge in [-0.15, -0.1) is 0 Å². The molecule has 2 N–H and O–H groups in total. The molecular weight excluding hydrogens is 382 g/mol. The topological polar surface area (TPSA) is 102 Å². The second kappa shape index (κ2) is 9.56. The van der Waals surface area contributed by atoms with Gasteiger partial charge in [-0.3, -0.25) is 9.59 Å². The average Bonchev–Trinajstić information content (AvgIpc) is 3.24. The summed E-state index contributed by atoms with van der Waals surface area (Å²) in [5, 5.41) is 0. The number of rotatable bonds is 8. The molecule has 0 saturated carbocycles. The summed E-state index contributed by atoms with van der Waals surface area (Å²) in [5.74, 6) is 1.17. The van der Waals surface area contributed by atoms with Crippen molar-refractivity contribution in [1.29, 1.82) is 0 Å². The van der Waals surface area contributed by atoms with Crippen LogP contribution in [0.3, 0.4) is 0 Å². The van der Waals surface area contributed by atoms with Crippen molar-refractivity contribution in [3.63, 3.8) is 0 Å². The van der Waals surface area contributed by atoms with Crippen molar-refractivity contribution in [3.8, 4) is 5.75 Å². The Morgan fingerprint density at radius 1 is 1.30 bits per heavy atom. The normalized spacial score (nSPS) is 15.8. The number of hydrogen-bond acceptors (Lipinski definition) is 6. The zero-order valence-electron chi connectivity index (χ0n) is 17.8. The van der Waals surface area contributed by atoms with E-state index >= 15 is 0 Å². The lowest BCUT2D eigenvalue weighted by molar-refractivity contribution is -0.129. The van der Waals surface area contributed by atoms with Gasteiger partial charge in [0.05, 0.1) is 18.4 Å². The molecule has 1 aromatic carbocycles. The summed E-state index contributed by atoms with van der Waals surface area (Å²) in [4.78, 5) is 36.9. The minimum absolute atomic E-state index is 0.0819. The molecule has 1 aliphatic heterocycles. The smallest absolute Gasteiger partial charge is 0.252 e. The summed E-state index contributed by atoms with van der Waals surface area (Å²) in [6.45, 7) is 6.60. The van der Waals surface area contributed by atoms with Gasteiger partial charge in [0.1, 0.15) is 11.6 Å². The van der Waals surface area contributed by atoms with E-state index in [9.17, 15) is 9.59 Å². The highest BCUT2D eigenvalue weighted by molar-refractivity contribution is 5.93. The summed E-state index contributed by atoms with van der Waals surface area (Å²) >= 11 is 0. The number of primary amides is 1. The minimum Gasteiger partial charge on any atom is -0.497 e. The Balaban J connectivity index is 1.56. The Morgan fingerprint density at radius 2 is 2.03 bits per heavy atom. The molecule has 8 nitrogen and oxygen atoms in total. The number of amides is 2. The molecule has 2 aromatic rings. The molecule has 1 fully saturated rings. The molecule has 1 aromatic heterocycles. The van der Waals surface area contributed by atoms with Crippen molar-refractivity contribution in [2.45, 2.75) is 32.6 Å². The summed E-state index contributed by atoms with van der Waals surface area (Å²) in [7, 11) is 1.65. The lowest BCUT2D eigenvalue weighted by Gasteiger charge is -2.24. The van der Waals surface area contributed by atoms with E-state index < -0.39 is 5.91 Å². The van der Waals surface area contributed by atoms with Gasteiger partial charge in [0.15, 0.2) is 0 Å². The number of aromatic nitrogens is 2. The van der Waals surface area contributed by atoms with Crippen molar-refractivity contribution >= 4 is 17.5 Å². The van der Waals surface area contributed by atoms with Gasteiger partial charge in [0.25, 0.3) is 5.91 Å². The number of carbonyl (C=O) groups is 2. The maximum absolute atomic E-state index is 12.8. The standard InChI is InChI=1S/C22H29N5O3/c1-4-26(17-5-7-18(30-3)8-6-17)12-10-20(28)27-11-9-16(14-27)22-24-13-19(21(23)29)15(2)25-22/h5-8,13,16H,4,9-12,14H2,1-3H3,(H2,23,29)/t16-/m1/s1. The molecular formula is C22H29N5O3. The highest BCUT2D eigenvalue weighted by Gasteiger charge is 2.29. The Kier molecular flexibility index (Phi) is 6.87. The molecule has 0 radical (unpaired) electrons. The van der Waals surface area contributed by atoms with E-state index in [1.54, 1.807) is 14.0 Å². The Morgan fingerprint density at radius 3 is 2.63 bits per heavy atom. The average molecular weight is 412 g/mol. The number of carbonyl (C=O) groups excluding carboxylic acids is 2. The lowest BCUT2D eigenvalue weighted by Crippen LogP contribution is -2.33. The number of likely N-dealkylation sites (tertiary alicyclic amines) is 1. The monoisotopic (exact) mass is 411 g/mol. The number of hydrogen-bond donors (Lipinski definition) is 1. The van der Waals surface area contributed by atoms with Gasteiger partial charge in [-0.2, -0.15) is 0 Å². The van der Waals surface area contributed by atoms with Crippen LogP contribution in [0, 0.1) is 6.92 Å². The van der Waals surface area contributed by atoms with Gasteiger partial charge < -0.3 is 20.3 Å². The number of anilines is 1. The van der Waals surface area contributed by atoms with E-state index in [4.69, 9.17) is 10.5 Å². The quantitative estimate of drug-likeness (QED) is 0.714. The third-order valence-corrected chi connectivity index (χ3v) is 5.58. The number of benzene rings is 1. The van der Waals surface area contributed by atoms with Gasteiger partial charge in [0.2, 0.25) is 5.91 Å². The molecule has 3 rings (SSSR count). The maximum atomic E-state index is 12.8. The van der Waals surface area contributed by atoms with E-state index in [2.05, 4.69) is 21.8 Å². The van der Waals surface area contributed by atoms with E-state index in [1.165, 1.54) is 6.20 Å². The fraction of sp³-hybridized carbons (Fsp3) is 0.455. The fourth-order valence-corrected chi connectivity index (χ4v) is 3.77. The van der Waals surface area contributed by atoms with Crippen LogP contribution in [0.2, 0.25) is 0 Å². The zero-order valence-corrected chi connectivity index (χ0v) is 17.8. The van der Waals surface area contributed by atoms with Crippen LogP contribution in [0.5, 0.6) is 5.75 Å². The van der Waals surface area contributed by atoms with Crippen LogP contribution in [-0.4, -0.2) is 60.0 Å². The van der Waals surface area contributed by atoms with Crippen molar-refractivity contribution in [3.05, 3.63) is 47.5 Å². The molecule has 1 saturated heterocycles. The zero-order chi connectivity index (χ0) is 21.7. The SMILES string of the molecule is CCN(CCC(=O)N1CC[C@@H](c2ncc(C(N)=O)c(C)n2)C1)c1ccc(OC)cc1. The molecule has 0 unspecified atom stereocenters. The van der Waals surface area contributed by atoms with E-state index in [0.29, 0.717) is 43.1 Å². The molecule has 2 amide bonds. The second-order valence-corrected chi connectivity index (χ2v) is 7.44. The first kappa shape index (κ1) is 21.5. The first-order valence-electron chi connectivity index (χ1n) is 10.2. The van der Waals surface area contributed by atoms with Crippen molar-refractivity contribution in [2.75, 3.05) is 38.2 Å². The summed E-state index contributed by atoms with van der Waals surface area (Å²) < 4.78 is 5.21. The van der Waals surface area contributed by atoms with Crippen molar-refractivity contribution in [2.24, 2.45) is 5.73 Å². The van der Waals surface area contributed by atoms with Gasteiger partial charge >= 0.3 is 0 Å². The molecule has 160 valence electrons. The minimum atomic E-state index is -0.528. The van der Waals surface area contributed by atoms with Gasteiger partial charge in [-0.1, -0.05) is 0 Å². The van der Waals surface area contributed by atoms with Crippen LogP contribution in [0.4, 0.5) is 5.69 Å². The number of nitrogens with zero attached hydrogens (tertiary/aromatic N) is 4. The van der Waals surface area contributed by atoms with E-state index in [1.807, 2.05) is 29.2 Å². The number of ether oxygens (including phenoxy) is 1.